The highest BCUT2D eigenvalue weighted by Crippen LogP contribution is 2.21. The maximum absolute atomic E-state index is 13.2. The highest BCUT2D eigenvalue weighted by molar-refractivity contribution is 7.89. The highest BCUT2D eigenvalue weighted by atomic mass is 32.2. The van der Waals surface area contributed by atoms with Crippen LogP contribution in [0.15, 0.2) is 17.0 Å². The summed E-state index contributed by atoms with van der Waals surface area (Å²) in [7, 11) is -3.58. The molecule has 3 nitrogen and oxygen atoms in total. The number of benzene rings is 1. The maximum Gasteiger partial charge on any atom is 0.241 e. The van der Waals surface area contributed by atoms with Gasteiger partial charge in [-0.25, -0.2) is 17.5 Å². The van der Waals surface area contributed by atoms with E-state index in [1.165, 1.54) is 12.1 Å². The molecule has 0 amide bonds. The van der Waals surface area contributed by atoms with E-state index in [0.29, 0.717) is 23.6 Å². The summed E-state index contributed by atoms with van der Waals surface area (Å²) in [5.74, 6) is 0.235. The van der Waals surface area contributed by atoms with E-state index in [2.05, 4.69) is 4.72 Å². The Hall–Kier alpha value is -0.940. The largest absolute Gasteiger partial charge is 0.241 e. The van der Waals surface area contributed by atoms with Crippen molar-refractivity contribution in [2.75, 3.05) is 6.54 Å². The number of rotatable bonds is 5. The van der Waals surface area contributed by atoms with E-state index in [1.54, 1.807) is 13.8 Å². The molecular weight excluding hydrogens is 265 g/mol. The molecule has 0 radical (unpaired) electrons. The predicted molar refractivity (Wildman–Crippen MR) is 75.1 cm³/mol. The van der Waals surface area contributed by atoms with Gasteiger partial charge in [0.15, 0.2) is 0 Å². The van der Waals surface area contributed by atoms with Crippen molar-refractivity contribution in [2.24, 2.45) is 11.8 Å². The molecule has 0 heterocycles. The van der Waals surface area contributed by atoms with Gasteiger partial charge in [0, 0.05) is 6.54 Å². The molecule has 1 rings (SSSR count). The third-order valence-corrected chi connectivity index (χ3v) is 5.16. The molecular formula is C14H22FNO2S. The van der Waals surface area contributed by atoms with Gasteiger partial charge in [-0.2, -0.15) is 0 Å². The number of hydrogen-bond acceptors (Lipinski definition) is 2. The van der Waals surface area contributed by atoms with Gasteiger partial charge in [-0.3, -0.25) is 0 Å². The summed E-state index contributed by atoms with van der Waals surface area (Å²) in [5, 5.41) is 0. The molecule has 1 atom stereocenters. The monoisotopic (exact) mass is 287 g/mol. The average Bonchev–Trinajstić information content (AvgIpc) is 2.23. The molecule has 0 aromatic heterocycles. The van der Waals surface area contributed by atoms with E-state index in [9.17, 15) is 12.8 Å². The van der Waals surface area contributed by atoms with Crippen LogP contribution in [0, 0.1) is 31.5 Å². The summed E-state index contributed by atoms with van der Waals surface area (Å²) in [6.07, 6.45) is 0. The fourth-order valence-corrected chi connectivity index (χ4v) is 3.46. The van der Waals surface area contributed by atoms with Gasteiger partial charge in [-0.05, 0) is 48.9 Å². The fourth-order valence-electron chi connectivity index (χ4n) is 1.87. The third-order valence-electron chi connectivity index (χ3n) is 3.43. The number of nitrogens with one attached hydrogen (secondary N) is 1. The Kier molecular flexibility index (Phi) is 5.10. The van der Waals surface area contributed by atoms with Crippen LogP contribution in [-0.4, -0.2) is 15.0 Å². The van der Waals surface area contributed by atoms with Crippen LogP contribution in [0.2, 0.25) is 0 Å². The molecule has 0 saturated heterocycles. The zero-order chi connectivity index (χ0) is 14.8. The molecule has 0 aliphatic rings. The summed E-state index contributed by atoms with van der Waals surface area (Å²) in [6.45, 7) is 9.70. The quantitative estimate of drug-likeness (QED) is 0.905. The Morgan fingerprint density at radius 1 is 1.16 bits per heavy atom. The van der Waals surface area contributed by atoms with Crippen LogP contribution in [0.5, 0.6) is 0 Å². The van der Waals surface area contributed by atoms with Gasteiger partial charge in [0.05, 0.1) is 4.90 Å². The lowest BCUT2D eigenvalue weighted by Gasteiger charge is -2.17. The minimum atomic E-state index is -3.58. The smallest absolute Gasteiger partial charge is 0.211 e. The van der Waals surface area contributed by atoms with E-state index in [1.807, 2.05) is 20.8 Å². The first kappa shape index (κ1) is 16.1. The molecule has 19 heavy (non-hydrogen) atoms. The first-order valence-corrected chi connectivity index (χ1v) is 7.90. The number of sulfonamides is 1. The van der Waals surface area contributed by atoms with Crippen LogP contribution in [0.3, 0.4) is 0 Å². The number of halogens is 1. The molecule has 1 aromatic rings. The van der Waals surface area contributed by atoms with Crippen LogP contribution < -0.4 is 4.72 Å². The van der Waals surface area contributed by atoms with Crippen molar-refractivity contribution in [2.45, 2.75) is 39.5 Å². The second kappa shape index (κ2) is 6.01. The molecule has 0 spiro atoms. The SMILES string of the molecule is Cc1cc(F)cc(C)c1S(=O)(=O)NCC(C)C(C)C. The predicted octanol–water partition coefficient (Wildman–Crippen LogP) is 3.01. The van der Waals surface area contributed by atoms with Crippen LogP contribution in [-0.2, 0) is 10.0 Å². The minimum absolute atomic E-state index is 0.185. The summed E-state index contributed by atoms with van der Waals surface area (Å²) >= 11 is 0. The van der Waals surface area contributed by atoms with Gasteiger partial charge < -0.3 is 0 Å². The number of aryl methyl sites for hydroxylation is 2. The van der Waals surface area contributed by atoms with E-state index in [-0.39, 0.29) is 10.8 Å². The Labute approximate surface area is 115 Å². The van der Waals surface area contributed by atoms with Gasteiger partial charge in [-0.15, -0.1) is 0 Å². The number of hydrogen-bond donors (Lipinski definition) is 1. The molecule has 0 bridgehead atoms. The Bertz CT molecular complexity index is 530. The molecule has 108 valence electrons. The van der Waals surface area contributed by atoms with Crippen molar-refractivity contribution < 1.29 is 12.8 Å². The maximum atomic E-state index is 13.2. The average molecular weight is 287 g/mol. The van der Waals surface area contributed by atoms with E-state index >= 15 is 0 Å². The summed E-state index contributed by atoms with van der Waals surface area (Å²) in [4.78, 5) is 0.185. The van der Waals surface area contributed by atoms with Crippen molar-refractivity contribution in [3.63, 3.8) is 0 Å². The molecule has 1 unspecified atom stereocenters. The van der Waals surface area contributed by atoms with Gasteiger partial charge in [0.25, 0.3) is 0 Å². The lowest BCUT2D eigenvalue weighted by atomic mass is 9.99. The van der Waals surface area contributed by atoms with Crippen LogP contribution >= 0.6 is 0 Å². The van der Waals surface area contributed by atoms with Crippen molar-refractivity contribution in [1.82, 2.24) is 4.72 Å². The molecule has 1 aromatic carbocycles. The molecule has 0 saturated carbocycles. The van der Waals surface area contributed by atoms with Crippen LogP contribution in [0.1, 0.15) is 31.9 Å². The highest BCUT2D eigenvalue weighted by Gasteiger charge is 2.21. The Morgan fingerprint density at radius 3 is 2.05 bits per heavy atom. The van der Waals surface area contributed by atoms with Crippen molar-refractivity contribution in [3.05, 3.63) is 29.1 Å². The minimum Gasteiger partial charge on any atom is -0.211 e. The zero-order valence-corrected chi connectivity index (χ0v) is 12.9. The van der Waals surface area contributed by atoms with Gasteiger partial charge in [0.1, 0.15) is 5.82 Å². The van der Waals surface area contributed by atoms with Gasteiger partial charge in [0.2, 0.25) is 10.0 Å². The third kappa shape index (κ3) is 4.01. The first-order chi connectivity index (χ1) is 8.65. The van der Waals surface area contributed by atoms with E-state index in [4.69, 9.17) is 0 Å². The van der Waals surface area contributed by atoms with Crippen LogP contribution in [0.4, 0.5) is 4.39 Å². The van der Waals surface area contributed by atoms with Crippen molar-refractivity contribution >= 4 is 10.0 Å². The second-order valence-electron chi connectivity index (χ2n) is 5.44. The topological polar surface area (TPSA) is 46.2 Å². The van der Waals surface area contributed by atoms with Gasteiger partial charge >= 0.3 is 0 Å². The van der Waals surface area contributed by atoms with E-state index in [0.717, 1.165) is 0 Å². The van der Waals surface area contributed by atoms with E-state index < -0.39 is 15.8 Å². The lowest BCUT2D eigenvalue weighted by molar-refractivity contribution is 0.414. The Morgan fingerprint density at radius 2 is 1.63 bits per heavy atom. The van der Waals surface area contributed by atoms with Crippen LogP contribution in [0.25, 0.3) is 0 Å². The zero-order valence-electron chi connectivity index (χ0n) is 12.1. The van der Waals surface area contributed by atoms with Crippen molar-refractivity contribution in [3.8, 4) is 0 Å². The van der Waals surface area contributed by atoms with Gasteiger partial charge in [-0.1, -0.05) is 20.8 Å². The fraction of sp³-hybridized carbons (Fsp3) is 0.571. The summed E-state index contributed by atoms with van der Waals surface area (Å²) in [5.41, 5.74) is 0.865. The second-order valence-corrected chi connectivity index (χ2v) is 7.15. The summed E-state index contributed by atoms with van der Waals surface area (Å²) < 4.78 is 40.4. The molecule has 0 fully saturated rings. The molecule has 0 aliphatic carbocycles. The summed E-state index contributed by atoms with van der Waals surface area (Å²) in [6, 6.07) is 2.49. The molecule has 0 aliphatic heterocycles. The van der Waals surface area contributed by atoms with Crippen molar-refractivity contribution in [1.29, 1.82) is 0 Å². The first-order valence-electron chi connectivity index (χ1n) is 6.41. The normalized spacial score (nSPS) is 13.8. The Balaban J connectivity index is 3.02. The standard InChI is InChI=1S/C14H22FNO2S/c1-9(2)12(5)8-16-19(17,18)14-10(3)6-13(15)7-11(14)4/h6-7,9,12,16H,8H2,1-5H3. The lowest BCUT2D eigenvalue weighted by Crippen LogP contribution is -2.31. The molecule has 5 heteroatoms. The molecule has 1 N–H and O–H groups in total.